The number of hydrogen-bond acceptors (Lipinski definition) is 5. The van der Waals surface area contributed by atoms with Crippen LogP contribution in [0.15, 0.2) is 35.4 Å². The number of carbonyl (C=O) groups is 1. The van der Waals surface area contributed by atoms with E-state index in [4.69, 9.17) is 4.74 Å². The number of rotatable bonds is 4. The van der Waals surface area contributed by atoms with Crippen LogP contribution in [-0.2, 0) is 17.6 Å². The van der Waals surface area contributed by atoms with Crippen LogP contribution in [-0.4, -0.2) is 22.6 Å². The molecule has 0 spiro atoms. The number of nitrogens with one attached hydrogen (secondary N) is 1. The van der Waals surface area contributed by atoms with Gasteiger partial charge in [0.2, 0.25) is 5.91 Å². The standard InChI is InChI=1S/C21H23N3O3S/c1-12-4-9-16-17(10-12)28-20-18(16)21(26)24(11-22-20)13(2)19(25)23-14-5-7-15(27-3)8-6-14/h5-8,11-13H,4,9-10H2,1-3H3,(H,23,25)/t12-,13+/m1/s1. The Kier molecular flexibility index (Phi) is 4.93. The van der Waals surface area contributed by atoms with Gasteiger partial charge in [0.25, 0.3) is 5.56 Å². The third-order valence-corrected chi connectivity index (χ3v) is 6.56. The molecule has 0 saturated heterocycles. The van der Waals surface area contributed by atoms with Gasteiger partial charge >= 0.3 is 0 Å². The first-order chi connectivity index (χ1) is 13.5. The molecule has 3 aromatic rings. The van der Waals surface area contributed by atoms with Crippen LogP contribution in [0.2, 0.25) is 0 Å². The maximum atomic E-state index is 13.2. The van der Waals surface area contributed by atoms with Gasteiger partial charge in [0, 0.05) is 10.6 Å². The van der Waals surface area contributed by atoms with E-state index in [1.165, 1.54) is 15.8 Å². The minimum Gasteiger partial charge on any atom is -0.497 e. The summed E-state index contributed by atoms with van der Waals surface area (Å²) in [4.78, 5) is 32.4. The number of fused-ring (bicyclic) bond motifs is 3. The summed E-state index contributed by atoms with van der Waals surface area (Å²) in [5.74, 6) is 1.09. The molecule has 1 aromatic carbocycles. The quantitative estimate of drug-likeness (QED) is 0.727. The molecule has 28 heavy (non-hydrogen) atoms. The molecule has 0 fully saturated rings. The summed E-state index contributed by atoms with van der Waals surface area (Å²) in [7, 11) is 1.59. The van der Waals surface area contributed by atoms with Crippen LogP contribution in [0.3, 0.4) is 0 Å². The second-order valence-electron chi connectivity index (χ2n) is 7.38. The van der Waals surface area contributed by atoms with Crippen molar-refractivity contribution in [1.29, 1.82) is 0 Å². The largest absolute Gasteiger partial charge is 0.497 e. The normalized spacial score (nSPS) is 17.2. The van der Waals surface area contributed by atoms with Gasteiger partial charge in [-0.15, -0.1) is 11.3 Å². The number of ether oxygens (including phenoxy) is 1. The van der Waals surface area contributed by atoms with Crippen LogP contribution in [0, 0.1) is 5.92 Å². The predicted octanol–water partition coefficient (Wildman–Crippen LogP) is 3.79. The van der Waals surface area contributed by atoms with E-state index >= 15 is 0 Å². The van der Waals surface area contributed by atoms with Crippen molar-refractivity contribution in [3.8, 4) is 5.75 Å². The van der Waals surface area contributed by atoms with Crippen molar-refractivity contribution in [2.45, 2.75) is 39.2 Å². The molecule has 1 N–H and O–H groups in total. The smallest absolute Gasteiger partial charge is 0.263 e. The fourth-order valence-electron chi connectivity index (χ4n) is 3.67. The number of thiophene rings is 1. The molecular weight excluding hydrogens is 374 g/mol. The Bertz CT molecular complexity index is 1080. The van der Waals surface area contributed by atoms with Crippen molar-refractivity contribution in [3.63, 3.8) is 0 Å². The maximum absolute atomic E-state index is 13.2. The van der Waals surface area contributed by atoms with Crippen molar-refractivity contribution in [2.75, 3.05) is 12.4 Å². The van der Waals surface area contributed by atoms with Crippen LogP contribution in [0.4, 0.5) is 5.69 Å². The lowest BCUT2D eigenvalue weighted by Crippen LogP contribution is -2.32. The Hall–Kier alpha value is -2.67. The molecule has 0 aliphatic heterocycles. The second kappa shape index (κ2) is 7.39. The Labute approximate surface area is 167 Å². The molecule has 2 heterocycles. The fraction of sp³-hybridized carbons (Fsp3) is 0.381. The summed E-state index contributed by atoms with van der Waals surface area (Å²) >= 11 is 1.62. The van der Waals surface area contributed by atoms with Gasteiger partial charge in [0.1, 0.15) is 16.6 Å². The van der Waals surface area contributed by atoms with Crippen LogP contribution in [0.1, 0.15) is 36.8 Å². The third-order valence-electron chi connectivity index (χ3n) is 5.40. The van der Waals surface area contributed by atoms with Gasteiger partial charge in [-0.25, -0.2) is 4.98 Å². The number of methoxy groups -OCH3 is 1. The van der Waals surface area contributed by atoms with Gasteiger partial charge in [0.15, 0.2) is 0 Å². The summed E-state index contributed by atoms with van der Waals surface area (Å²) in [5.41, 5.74) is 1.66. The number of nitrogens with zero attached hydrogens (tertiary/aromatic N) is 2. The molecule has 2 aromatic heterocycles. The number of hydrogen-bond donors (Lipinski definition) is 1. The Balaban J connectivity index is 1.63. The van der Waals surface area contributed by atoms with E-state index in [2.05, 4.69) is 17.2 Å². The molecule has 0 saturated carbocycles. The van der Waals surface area contributed by atoms with Crippen LogP contribution >= 0.6 is 11.3 Å². The number of benzene rings is 1. The molecule has 7 heteroatoms. The molecule has 1 amide bonds. The summed E-state index contributed by atoms with van der Waals surface area (Å²) in [6, 6.07) is 6.43. The van der Waals surface area contributed by atoms with Crippen molar-refractivity contribution < 1.29 is 9.53 Å². The van der Waals surface area contributed by atoms with Crippen molar-refractivity contribution in [1.82, 2.24) is 9.55 Å². The molecule has 4 rings (SSSR count). The van der Waals surface area contributed by atoms with E-state index in [9.17, 15) is 9.59 Å². The van der Waals surface area contributed by atoms with E-state index in [1.807, 2.05) is 0 Å². The second-order valence-corrected chi connectivity index (χ2v) is 8.47. The minimum absolute atomic E-state index is 0.130. The lowest BCUT2D eigenvalue weighted by atomic mass is 9.89. The Morgan fingerprint density at radius 2 is 2.11 bits per heavy atom. The van der Waals surface area contributed by atoms with E-state index in [-0.39, 0.29) is 11.5 Å². The highest BCUT2D eigenvalue weighted by atomic mass is 32.1. The van der Waals surface area contributed by atoms with E-state index in [0.29, 0.717) is 22.7 Å². The zero-order valence-electron chi connectivity index (χ0n) is 16.2. The molecule has 146 valence electrons. The predicted molar refractivity (Wildman–Crippen MR) is 111 cm³/mol. The van der Waals surface area contributed by atoms with Crippen molar-refractivity contribution in [3.05, 3.63) is 51.4 Å². The SMILES string of the molecule is COc1ccc(NC(=O)[C@H](C)n2cnc3sc4c(c3c2=O)CC[C@@H](C)C4)cc1. The number of amides is 1. The van der Waals surface area contributed by atoms with Gasteiger partial charge in [-0.2, -0.15) is 0 Å². The molecule has 6 nitrogen and oxygen atoms in total. The zero-order chi connectivity index (χ0) is 19.8. The van der Waals surface area contributed by atoms with Gasteiger partial charge < -0.3 is 10.1 Å². The first-order valence-electron chi connectivity index (χ1n) is 9.44. The van der Waals surface area contributed by atoms with Crippen molar-refractivity contribution in [2.24, 2.45) is 5.92 Å². The van der Waals surface area contributed by atoms with E-state index in [1.54, 1.807) is 49.6 Å². The van der Waals surface area contributed by atoms with Crippen LogP contribution < -0.4 is 15.6 Å². The van der Waals surface area contributed by atoms with Gasteiger partial charge in [-0.1, -0.05) is 6.92 Å². The fourth-order valence-corrected chi connectivity index (χ4v) is 5.01. The summed E-state index contributed by atoms with van der Waals surface area (Å²) in [6.07, 6.45) is 4.49. The van der Waals surface area contributed by atoms with E-state index in [0.717, 1.165) is 29.7 Å². The topological polar surface area (TPSA) is 73.2 Å². The monoisotopic (exact) mass is 397 g/mol. The highest BCUT2D eigenvalue weighted by molar-refractivity contribution is 7.18. The van der Waals surface area contributed by atoms with E-state index < -0.39 is 6.04 Å². The van der Waals surface area contributed by atoms with Gasteiger partial charge in [-0.05, 0) is 61.9 Å². The highest BCUT2D eigenvalue weighted by Crippen LogP contribution is 2.35. The maximum Gasteiger partial charge on any atom is 0.263 e. The third kappa shape index (κ3) is 3.30. The van der Waals surface area contributed by atoms with Gasteiger partial charge in [-0.3, -0.25) is 14.2 Å². The molecular formula is C21H23N3O3S. The van der Waals surface area contributed by atoms with Gasteiger partial charge in [0.05, 0.1) is 18.8 Å². The molecule has 0 bridgehead atoms. The number of aromatic nitrogens is 2. The average molecular weight is 398 g/mol. The molecule has 1 aliphatic carbocycles. The average Bonchev–Trinajstić information content (AvgIpc) is 3.06. The number of anilines is 1. The lowest BCUT2D eigenvalue weighted by Gasteiger charge is -2.18. The first kappa shape index (κ1) is 18.7. The lowest BCUT2D eigenvalue weighted by molar-refractivity contribution is -0.118. The highest BCUT2D eigenvalue weighted by Gasteiger charge is 2.25. The molecule has 2 atom stereocenters. The van der Waals surface area contributed by atoms with Crippen LogP contribution in [0.5, 0.6) is 5.75 Å². The summed E-state index contributed by atoms with van der Waals surface area (Å²) in [5, 5.41) is 3.54. The molecule has 1 aliphatic rings. The number of carbonyl (C=O) groups excluding carboxylic acids is 1. The van der Waals surface area contributed by atoms with Crippen LogP contribution in [0.25, 0.3) is 10.2 Å². The zero-order valence-corrected chi connectivity index (χ0v) is 17.0. The molecule has 0 unspecified atom stereocenters. The Morgan fingerprint density at radius 3 is 2.82 bits per heavy atom. The first-order valence-corrected chi connectivity index (χ1v) is 10.3. The summed E-state index contributed by atoms with van der Waals surface area (Å²) in [6.45, 7) is 3.96. The minimum atomic E-state index is -0.662. The number of aryl methyl sites for hydroxylation is 1. The summed E-state index contributed by atoms with van der Waals surface area (Å²) < 4.78 is 6.56. The molecule has 0 radical (unpaired) electrons. The Morgan fingerprint density at radius 1 is 1.36 bits per heavy atom. The van der Waals surface area contributed by atoms with Crippen molar-refractivity contribution >= 4 is 33.1 Å².